The van der Waals surface area contributed by atoms with E-state index >= 15 is 0 Å². The van der Waals surface area contributed by atoms with Crippen molar-refractivity contribution in [3.63, 3.8) is 0 Å². The molecule has 0 bridgehead atoms. The number of benzene rings is 2. The van der Waals surface area contributed by atoms with Crippen molar-refractivity contribution in [3.05, 3.63) is 51.5 Å². The third kappa shape index (κ3) is 3.37. The molecule has 0 aliphatic heterocycles. The number of aryl methyl sites for hydroxylation is 1. The Morgan fingerprint density at radius 1 is 1.24 bits per heavy atom. The fraction of sp³-hybridized carbons (Fsp3) is 0.235. The molecule has 0 radical (unpaired) electrons. The van der Waals surface area contributed by atoms with Gasteiger partial charge in [0.2, 0.25) is 0 Å². The van der Waals surface area contributed by atoms with Crippen molar-refractivity contribution < 1.29 is 4.74 Å². The molecule has 0 saturated heterocycles. The maximum absolute atomic E-state index is 8.95. The van der Waals surface area contributed by atoms with Crippen molar-refractivity contribution in [1.82, 2.24) is 0 Å². The molecule has 108 valence electrons. The first-order chi connectivity index (χ1) is 9.92. The number of nitrogens with two attached hydrogens (primary N) is 1. The molecule has 4 heteroatoms. The van der Waals surface area contributed by atoms with Crippen molar-refractivity contribution >= 4 is 21.6 Å². The van der Waals surface area contributed by atoms with Crippen molar-refractivity contribution in [2.75, 3.05) is 5.73 Å². The molecule has 2 N–H and O–H groups in total. The van der Waals surface area contributed by atoms with Gasteiger partial charge in [-0.2, -0.15) is 5.26 Å². The van der Waals surface area contributed by atoms with Gasteiger partial charge in [-0.1, -0.05) is 13.8 Å². The second kappa shape index (κ2) is 6.19. The van der Waals surface area contributed by atoms with E-state index in [1.54, 1.807) is 18.2 Å². The van der Waals surface area contributed by atoms with E-state index in [2.05, 4.69) is 35.8 Å². The van der Waals surface area contributed by atoms with Gasteiger partial charge in [-0.05, 0) is 70.2 Å². The molecule has 0 aromatic heterocycles. The Morgan fingerprint density at radius 3 is 2.52 bits per heavy atom. The van der Waals surface area contributed by atoms with Crippen LogP contribution in [0.4, 0.5) is 5.69 Å². The van der Waals surface area contributed by atoms with Crippen LogP contribution in [0, 0.1) is 18.3 Å². The highest BCUT2D eigenvalue weighted by Gasteiger charge is 2.12. The van der Waals surface area contributed by atoms with Crippen LogP contribution in [0.5, 0.6) is 11.5 Å². The third-order valence-corrected chi connectivity index (χ3v) is 3.97. The number of halogens is 1. The van der Waals surface area contributed by atoms with Gasteiger partial charge in [0.05, 0.1) is 5.56 Å². The Morgan fingerprint density at radius 2 is 1.95 bits per heavy atom. The van der Waals surface area contributed by atoms with Gasteiger partial charge in [-0.25, -0.2) is 0 Å². The van der Waals surface area contributed by atoms with E-state index in [1.807, 2.05) is 19.1 Å². The highest BCUT2D eigenvalue weighted by molar-refractivity contribution is 9.10. The summed E-state index contributed by atoms with van der Waals surface area (Å²) in [6.45, 7) is 6.17. The topological polar surface area (TPSA) is 59.0 Å². The summed E-state index contributed by atoms with van der Waals surface area (Å²) >= 11 is 3.37. The van der Waals surface area contributed by atoms with E-state index in [1.165, 1.54) is 0 Å². The molecule has 21 heavy (non-hydrogen) atoms. The lowest BCUT2D eigenvalue weighted by Crippen LogP contribution is -1.99. The van der Waals surface area contributed by atoms with Gasteiger partial charge < -0.3 is 10.5 Å². The SMILES string of the molecule is Cc1cc(Oc2ccc(C#N)c(Br)c2)c(C(C)C)cc1N. The van der Waals surface area contributed by atoms with Crippen LogP contribution in [-0.4, -0.2) is 0 Å². The molecule has 0 unspecified atom stereocenters. The average Bonchev–Trinajstić information content (AvgIpc) is 2.42. The molecular weight excluding hydrogens is 328 g/mol. The summed E-state index contributed by atoms with van der Waals surface area (Å²) in [5.74, 6) is 1.80. The van der Waals surface area contributed by atoms with Crippen LogP contribution < -0.4 is 10.5 Å². The van der Waals surface area contributed by atoms with Crippen LogP contribution >= 0.6 is 15.9 Å². The molecular formula is C17H17BrN2O. The normalized spacial score (nSPS) is 10.5. The van der Waals surface area contributed by atoms with Crippen LogP contribution in [0.15, 0.2) is 34.8 Å². The number of rotatable bonds is 3. The number of hydrogen-bond acceptors (Lipinski definition) is 3. The first-order valence-electron chi connectivity index (χ1n) is 6.70. The highest BCUT2D eigenvalue weighted by atomic mass is 79.9. The molecule has 3 nitrogen and oxygen atoms in total. The van der Waals surface area contributed by atoms with Crippen molar-refractivity contribution in [1.29, 1.82) is 5.26 Å². The number of nitrogen functional groups attached to an aromatic ring is 1. The summed E-state index contributed by atoms with van der Waals surface area (Å²) < 4.78 is 6.71. The number of hydrogen-bond donors (Lipinski definition) is 1. The zero-order chi connectivity index (χ0) is 15.6. The minimum absolute atomic E-state index is 0.310. The maximum atomic E-state index is 8.95. The first-order valence-corrected chi connectivity index (χ1v) is 7.49. The molecule has 2 aromatic carbocycles. The van der Waals surface area contributed by atoms with Gasteiger partial charge in [0.25, 0.3) is 0 Å². The van der Waals surface area contributed by atoms with Crippen LogP contribution in [0.25, 0.3) is 0 Å². The molecule has 0 aliphatic carbocycles. The van der Waals surface area contributed by atoms with Crippen molar-refractivity contribution in [2.24, 2.45) is 0 Å². The van der Waals surface area contributed by atoms with Gasteiger partial charge in [0.1, 0.15) is 17.6 Å². The second-order valence-electron chi connectivity index (χ2n) is 5.26. The Hall–Kier alpha value is -1.99. The van der Waals surface area contributed by atoms with E-state index in [9.17, 15) is 0 Å². The lowest BCUT2D eigenvalue weighted by Gasteiger charge is -2.16. The molecule has 0 amide bonds. The number of nitriles is 1. The Labute approximate surface area is 133 Å². The third-order valence-electron chi connectivity index (χ3n) is 3.31. The Bertz CT molecular complexity index is 717. The number of ether oxygens (including phenoxy) is 1. The predicted molar refractivity (Wildman–Crippen MR) is 88.6 cm³/mol. The van der Waals surface area contributed by atoms with E-state index < -0.39 is 0 Å². The zero-order valence-corrected chi connectivity index (χ0v) is 13.9. The van der Waals surface area contributed by atoms with E-state index in [0.29, 0.717) is 17.2 Å². The summed E-state index contributed by atoms with van der Waals surface area (Å²) in [4.78, 5) is 0. The Kier molecular flexibility index (Phi) is 4.54. The van der Waals surface area contributed by atoms with Crippen molar-refractivity contribution in [3.8, 4) is 17.6 Å². The van der Waals surface area contributed by atoms with Gasteiger partial charge >= 0.3 is 0 Å². The van der Waals surface area contributed by atoms with E-state index in [-0.39, 0.29) is 0 Å². The fourth-order valence-corrected chi connectivity index (χ4v) is 2.48. The standard InChI is InChI=1S/C17H17BrN2O/c1-10(2)14-8-16(20)11(3)6-17(14)21-13-5-4-12(9-19)15(18)7-13/h4-8,10H,20H2,1-3H3. The molecule has 0 atom stereocenters. The van der Waals surface area contributed by atoms with Gasteiger partial charge in [-0.3, -0.25) is 0 Å². The minimum Gasteiger partial charge on any atom is -0.457 e. The van der Waals surface area contributed by atoms with E-state index in [0.717, 1.165) is 27.0 Å². The van der Waals surface area contributed by atoms with Gasteiger partial charge in [-0.15, -0.1) is 0 Å². The monoisotopic (exact) mass is 344 g/mol. The summed E-state index contributed by atoms with van der Waals surface area (Å²) in [6.07, 6.45) is 0. The predicted octanol–water partition coefficient (Wildman–Crippen LogP) is 5.13. The zero-order valence-electron chi connectivity index (χ0n) is 12.3. The molecule has 0 fully saturated rings. The molecule has 0 aliphatic rings. The van der Waals surface area contributed by atoms with Crippen LogP contribution in [0.3, 0.4) is 0 Å². The lowest BCUT2D eigenvalue weighted by atomic mass is 9.99. The molecule has 0 heterocycles. The summed E-state index contributed by atoms with van der Waals surface area (Å²) in [6, 6.07) is 11.4. The smallest absolute Gasteiger partial charge is 0.131 e. The van der Waals surface area contributed by atoms with E-state index in [4.69, 9.17) is 15.7 Å². The molecule has 0 saturated carbocycles. The molecule has 0 spiro atoms. The molecule has 2 rings (SSSR count). The highest BCUT2D eigenvalue weighted by Crippen LogP contribution is 2.35. The minimum atomic E-state index is 0.310. The number of anilines is 1. The average molecular weight is 345 g/mol. The lowest BCUT2D eigenvalue weighted by molar-refractivity contribution is 0.472. The maximum Gasteiger partial charge on any atom is 0.131 e. The second-order valence-corrected chi connectivity index (χ2v) is 6.11. The fourth-order valence-electron chi connectivity index (χ4n) is 2.03. The largest absolute Gasteiger partial charge is 0.457 e. The van der Waals surface area contributed by atoms with Crippen LogP contribution in [0.1, 0.15) is 36.5 Å². The van der Waals surface area contributed by atoms with Crippen molar-refractivity contribution in [2.45, 2.75) is 26.7 Å². The van der Waals surface area contributed by atoms with Gasteiger partial charge in [0, 0.05) is 10.2 Å². The van der Waals surface area contributed by atoms with Crippen LogP contribution in [-0.2, 0) is 0 Å². The van der Waals surface area contributed by atoms with Gasteiger partial charge in [0.15, 0.2) is 0 Å². The Balaban J connectivity index is 2.42. The molecule has 2 aromatic rings. The summed E-state index contributed by atoms with van der Waals surface area (Å²) in [5, 5.41) is 8.95. The summed E-state index contributed by atoms with van der Waals surface area (Å²) in [5.41, 5.74) is 9.39. The van der Waals surface area contributed by atoms with Crippen LogP contribution in [0.2, 0.25) is 0 Å². The number of nitrogens with zero attached hydrogens (tertiary/aromatic N) is 1. The first kappa shape index (κ1) is 15.4. The summed E-state index contributed by atoms with van der Waals surface area (Å²) in [7, 11) is 0. The quantitative estimate of drug-likeness (QED) is 0.785.